The van der Waals surface area contributed by atoms with E-state index in [1.807, 2.05) is 12.1 Å². The van der Waals surface area contributed by atoms with Crippen molar-refractivity contribution in [2.24, 2.45) is 5.10 Å². The van der Waals surface area contributed by atoms with Crippen molar-refractivity contribution >= 4 is 34.7 Å². The summed E-state index contributed by atoms with van der Waals surface area (Å²) in [7, 11) is 0. The molecule has 0 atom stereocenters. The highest BCUT2D eigenvalue weighted by Crippen LogP contribution is 2.23. The molecule has 0 radical (unpaired) electrons. The van der Waals surface area contributed by atoms with Gasteiger partial charge in [-0.05, 0) is 67.5 Å². The van der Waals surface area contributed by atoms with Crippen molar-refractivity contribution in [2.45, 2.75) is 52.0 Å². The number of hydrogen-bond donors (Lipinski definition) is 2. The molecule has 1 amide bonds. The number of amides is 1. The van der Waals surface area contributed by atoms with Crippen molar-refractivity contribution in [1.29, 1.82) is 0 Å². The number of hydrogen-bond acceptors (Lipinski definition) is 3. The van der Waals surface area contributed by atoms with Gasteiger partial charge in [-0.15, -0.1) is 0 Å². The fraction of sp³-hybridized carbons (Fsp3) is 0.429. The quantitative estimate of drug-likeness (QED) is 0.374. The van der Waals surface area contributed by atoms with Crippen molar-refractivity contribution in [3.8, 4) is 5.69 Å². The van der Waals surface area contributed by atoms with E-state index in [4.69, 9.17) is 0 Å². The van der Waals surface area contributed by atoms with Crippen LogP contribution in [0, 0.1) is 17.4 Å². The Balaban J connectivity index is 1.60. The van der Waals surface area contributed by atoms with E-state index in [1.165, 1.54) is 35.7 Å². The first-order chi connectivity index (χ1) is 13.1. The summed E-state index contributed by atoms with van der Waals surface area (Å²) in [4.78, 5) is 12.0. The molecule has 2 aromatic rings. The highest BCUT2D eigenvalue weighted by Gasteiger charge is 2.14. The van der Waals surface area contributed by atoms with Crippen LogP contribution in [0.1, 0.15) is 49.1 Å². The first-order valence-electron chi connectivity index (χ1n) is 9.55. The third kappa shape index (κ3) is 5.19. The average Bonchev–Trinajstić information content (AvgIpc) is 2.95. The monoisotopic (exact) mass is 478 g/mol. The second-order valence-electron chi connectivity index (χ2n) is 7.12. The number of nitrogens with one attached hydrogen (secondary N) is 2. The van der Waals surface area contributed by atoms with E-state index in [0.29, 0.717) is 12.6 Å². The SMILES string of the molecule is Cc1cc(/C=N\NC(=O)CNC2CCCCC2)c(C)n1-c1ccccc1I. The van der Waals surface area contributed by atoms with Crippen LogP contribution in [0.3, 0.4) is 0 Å². The van der Waals surface area contributed by atoms with Crippen LogP contribution in [0.2, 0.25) is 0 Å². The summed E-state index contributed by atoms with van der Waals surface area (Å²) in [5.74, 6) is -0.0942. The minimum absolute atomic E-state index is 0.0942. The lowest BCUT2D eigenvalue weighted by Gasteiger charge is -2.22. The van der Waals surface area contributed by atoms with E-state index in [-0.39, 0.29) is 5.91 Å². The first-order valence-corrected chi connectivity index (χ1v) is 10.6. The largest absolute Gasteiger partial charge is 0.317 e. The molecule has 1 aromatic heterocycles. The van der Waals surface area contributed by atoms with Gasteiger partial charge in [-0.2, -0.15) is 5.10 Å². The van der Waals surface area contributed by atoms with Crippen LogP contribution in [-0.4, -0.2) is 29.3 Å². The molecule has 0 bridgehead atoms. The van der Waals surface area contributed by atoms with Crippen molar-refractivity contribution < 1.29 is 4.79 Å². The van der Waals surface area contributed by atoms with Crippen molar-refractivity contribution in [2.75, 3.05) is 6.54 Å². The lowest BCUT2D eigenvalue weighted by atomic mass is 9.95. The standard InChI is InChI=1S/C21H27IN4O/c1-15-12-17(16(2)26(15)20-11-7-6-10-19(20)22)13-24-25-21(27)14-23-18-8-4-3-5-9-18/h6-7,10-13,18,23H,3-5,8-9,14H2,1-2H3,(H,25,27)/b24-13-. The molecule has 0 aliphatic heterocycles. The van der Waals surface area contributed by atoms with Crippen molar-refractivity contribution in [3.63, 3.8) is 0 Å². The predicted octanol–water partition coefficient (Wildman–Crippen LogP) is 4.07. The molecule has 27 heavy (non-hydrogen) atoms. The highest BCUT2D eigenvalue weighted by atomic mass is 127. The molecule has 3 rings (SSSR count). The minimum atomic E-state index is -0.0942. The average molecular weight is 478 g/mol. The maximum atomic E-state index is 12.0. The zero-order chi connectivity index (χ0) is 19.2. The summed E-state index contributed by atoms with van der Waals surface area (Å²) in [6.45, 7) is 4.48. The molecule has 1 aliphatic carbocycles. The van der Waals surface area contributed by atoms with Gasteiger partial charge in [0.1, 0.15) is 0 Å². The predicted molar refractivity (Wildman–Crippen MR) is 119 cm³/mol. The van der Waals surface area contributed by atoms with Crippen molar-refractivity contribution in [1.82, 2.24) is 15.3 Å². The van der Waals surface area contributed by atoms with E-state index < -0.39 is 0 Å². The summed E-state index contributed by atoms with van der Waals surface area (Å²) in [6, 6.07) is 10.9. The van der Waals surface area contributed by atoms with Gasteiger partial charge >= 0.3 is 0 Å². The second kappa shape index (κ2) is 9.50. The molecule has 1 aromatic carbocycles. The van der Waals surface area contributed by atoms with Crippen LogP contribution in [0.5, 0.6) is 0 Å². The number of carbonyl (C=O) groups excluding carboxylic acids is 1. The Morgan fingerprint density at radius 3 is 2.74 bits per heavy atom. The Bertz CT molecular complexity index is 822. The molecule has 1 heterocycles. The van der Waals surface area contributed by atoms with E-state index >= 15 is 0 Å². The normalized spacial score (nSPS) is 15.4. The molecule has 6 heteroatoms. The third-order valence-corrected chi connectivity index (χ3v) is 6.03. The molecule has 0 spiro atoms. The summed E-state index contributed by atoms with van der Waals surface area (Å²) in [6.07, 6.45) is 7.89. The Morgan fingerprint density at radius 1 is 1.26 bits per heavy atom. The van der Waals surface area contributed by atoms with Gasteiger partial charge in [0, 0.05) is 26.6 Å². The van der Waals surface area contributed by atoms with Crippen LogP contribution in [0.4, 0.5) is 0 Å². The molecule has 2 N–H and O–H groups in total. The van der Waals surface area contributed by atoms with Gasteiger partial charge in [-0.3, -0.25) is 4.79 Å². The van der Waals surface area contributed by atoms with Gasteiger partial charge in [0.25, 0.3) is 5.91 Å². The van der Waals surface area contributed by atoms with Crippen molar-refractivity contribution in [3.05, 3.63) is 50.9 Å². The minimum Gasteiger partial charge on any atom is -0.317 e. The van der Waals surface area contributed by atoms with Gasteiger partial charge in [0.05, 0.1) is 18.4 Å². The number of rotatable bonds is 6. The molecular formula is C21H27IN4O. The summed E-state index contributed by atoms with van der Waals surface area (Å²) < 4.78 is 3.41. The van der Waals surface area contributed by atoms with E-state index in [2.05, 4.69) is 75.0 Å². The Hall–Kier alpha value is -1.67. The number of carbonyl (C=O) groups is 1. The first kappa shape index (κ1) is 20.1. The number of aryl methyl sites for hydroxylation is 1. The lowest BCUT2D eigenvalue weighted by molar-refractivity contribution is -0.120. The van der Waals surface area contributed by atoms with Gasteiger partial charge in [-0.25, -0.2) is 5.43 Å². The number of hydrazone groups is 1. The molecule has 1 saturated carbocycles. The molecule has 144 valence electrons. The third-order valence-electron chi connectivity index (χ3n) is 5.11. The summed E-state index contributed by atoms with van der Waals surface area (Å²) in [5.41, 5.74) is 7.05. The Kier molecular flexibility index (Phi) is 7.07. The smallest absolute Gasteiger partial charge is 0.254 e. The molecule has 1 fully saturated rings. The van der Waals surface area contributed by atoms with Gasteiger partial charge in [0.2, 0.25) is 0 Å². The zero-order valence-corrected chi connectivity index (χ0v) is 18.1. The number of benzene rings is 1. The molecule has 0 saturated heterocycles. The second-order valence-corrected chi connectivity index (χ2v) is 8.28. The maximum absolute atomic E-state index is 12.0. The number of nitrogens with zero attached hydrogens (tertiary/aromatic N) is 2. The number of aromatic nitrogens is 1. The Labute approximate surface area is 174 Å². The van der Waals surface area contributed by atoms with Gasteiger partial charge in [0.15, 0.2) is 0 Å². The van der Waals surface area contributed by atoms with Gasteiger partial charge < -0.3 is 9.88 Å². The summed E-state index contributed by atoms with van der Waals surface area (Å²) >= 11 is 2.35. The van der Waals surface area contributed by atoms with E-state index in [1.54, 1.807) is 6.21 Å². The lowest BCUT2D eigenvalue weighted by Crippen LogP contribution is -2.38. The van der Waals surface area contributed by atoms with E-state index in [0.717, 1.165) is 22.6 Å². The topological polar surface area (TPSA) is 58.4 Å². The molecule has 1 aliphatic rings. The Morgan fingerprint density at radius 2 is 2.00 bits per heavy atom. The van der Waals surface area contributed by atoms with Crippen LogP contribution in [0.25, 0.3) is 5.69 Å². The fourth-order valence-electron chi connectivity index (χ4n) is 3.68. The number of para-hydroxylation sites is 1. The zero-order valence-electron chi connectivity index (χ0n) is 16.0. The maximum Gasteiger partial charge on any atom is 0.254 e. The molecule has 5 nitrogen and oxygen atoms in total. The van der Waals surface area contributed by atoms with Crippen LogP contribution in [-0.2, 0) is 4.79 Å². The fourth-order valence-corrected chi connectivity index (χ4v) is 4.31. The van der Waals surface area contributed by atoms with E-state index in [9.17, 15) is 4.79 Å². The van der Waals surface area contributed by atoms with Gasteiger partial charge in [-0.1, -0.05) is 31.4 Å². The van der Waals surface area contributed by atoms with Crippen LogP contribution >= 0.6 is 22.6 Å². The van der Waals surface area contributed by atoms with Crippen LogP contribution in [0.15, 0.2) is 35.4 Å². The highest BCUT2D eigenvalue weighted by molar-refractivity contribution is 14.1. The summed E-state index contributed by atoms with van der Waals surface area (Å²) in [5, 5.41) is 7.49. The van der Waals surface area contributed by atoms with Crippen LogP contribution < -0.4 is 10.7 Å². The molecular weight excluding hydrogens is 451 g/mol. The number of halogens is 1. The molecule has 0 unspecified atom stereocenters.